The summed E-state index contributed by atoms with van der Waals surface area (Å²) in [5.41, 5.74) is 0. The van der Waals surface area contributed by atoms with Crippen LogP contribution >= 0.6 is 0 Å². The summed E-state index contributed by atoms with van der Waals surface area (Å²) >= 11 is 0. The highest BCUT2D eigenvalue weighted by Crippen LogP contribution is 2.29. The number of aromatic nitrogens is 5. The summed E-state index contributed by atoms with van der Waals surface area (Å²) < 4.78 is 2.25. The molecule has 1 aliphatic rings. The van der Waals surface area contributed by atoms with Crippen LogP contribution in [0.1, 0.15) is 43.3 Å². The van der Waals surface area contributed by atoms with Crippen LogP contribution in [0.15, 0.2) is 12.4 Å². The van der Waals surface area contributed by atoms with Crippen LogP contribution in [0.5, 0.6) is 0 Å². The molecule has 0 aromatic carbocycles. The summed E-state index contributed by atoms with van der Waals surface area (Å²) in [6, 6.07) is 0.369. The second-order valence-corrected chi connectivity index (χ2v) is 5.36. The van der Waals surface area contributed by atoms with Crippen LogP contribution in [0.25, 0.3) is 0 Å². The fraction of sp³-hybridized carbons (Fsp3) is 0.643. The summed E-state index contributed by atoms with van der Waals surface area (Å²) in [7, 11) is 0. The summed E-state index contributed by atoms with van der Waals surface area (Å²) in [4.78, 5) is 11.4. The minimum absolute atomic E-state index is 0.369. The molecule has 0 aliphatic carbocycles. The number of aryl methyl sites for hydroxylation is 2. The van der Waals surface area contributed by atoms with Crippen molar-refractivity contribution in [1.29, 1.82) is 0 Å². The molecule has 0 radical (unpaired) electrons. The van der Waals surface area contributed by atoms with E-state index in [1.54, 1.807) is 0 Å². The van der Waals surface area contributed by atoms with Crippen molar-refractivity contribution < 1.29 is 0 Å². The number of H-pyrrole nitrogens is 1. The molecule has 6 nitrogen and oxygen atoms in total. The highest BCUT2D eigenvalue weighted by Gasteiger charge is 2.28. The van der Waals surface area contributed by atoms with Gasteiger partial charge in [-0.3, -0.25) is 10.00 Å². The molecule has 108 valence electrons. The van der Waals surface area contributed by atoms with E-state index in [2.05, 4.69) is 42.8 Å². The summed E-state index contributed by atoms with van der Waals surface area (Å²) in [5, 5.41) is 7.28. The zero-order valence-electron chi connectivity index (χ0n) is 12.2. The zero-order valence-corrected chi connectivity index (χ0v) is 12.2. The minimum atomic E-state index is 0.369. The Balaban J connectivity index is 1.64. The average Bonchev–Trinajstić information content (AvgIpc) is 3.15. The van der Waals surface area contributed by atoms with E-state index >= 15 is 0 Å². The average molecular weight is 274 g/mol. The normalized spacial score (nSPS) is 19.8. The van der Waals surface area contributed by atoms with Gasteiger partial charge in [0.2, 0.25) is 0 Å². The number of hydrogen-bond acceptors (Lipinski definition) is 4. The predicted octanol–water partition coefficient (Wildman–Crippen LogP) is 1.71. The van der Waals surface area contributed by atoms with Gasteiger partial charge in [0, 0.05) is 31.9 Å². The molecule has 0 spiro atoms. The standard InChI is InChI=1S/C14H22N6/c1-3-13-15-6-8-20(13)10-9-19-7-4-5-12(19)14-16-11(2)17-18-14/h6,8,12H,3-5,7,9-10H2,1-2H3,(H,16,17,18)/t12-/m0/s1. The van der Waals surface area contributed by atoms with E-state index in [4.69, 9.17) is 0 Å². The van der Waals surface area contributed by atoms with Crippen LogP contribution in [-0.4, -0.2) is 42.7 Å². The summed E-state index contributed by atoms with van der Waals surface area (Å²) in [6.45, 7) is 7.25. The number of nitrogens with one attached hydrogen (secondary N) is 1. The maximum Gasteiger partial charge on any atom is 0.167 e. The summed E-state index contributed by atoms with van der Waals surface area (Å²) in [6.07, 6.45) is 7.32. The Morgan fingerprint density at radius 3 is 3.05 bits per heavy atom. The van der Waals surface area contributed by atoms with Crippen LogP contribution in [0.3, 0.4) is 0 Å². The lowest BCUT2D eigenvalue weighted by atomic mass is 10.2. The second kappa shape index (κ2) is 5.75. The number of nitrogens with zero attached hydrogens (tertiary/aromatic N) is 5. The molecule has 0 amide bonds. The predicted molar refractivity (Wildman–Crippen MR) is 76.3 cm³/mol. The highest BCUT2D eigenvalue weighted by atomic mass is 15.3. The van der Waals surface area contributed by atoms with Crippen molar-refractivity contribution in [2.24, 2.45) is 0 Å². The monoisotopic (exact) mass is 274 g/mol. The van der Waals surface area contributed by atoms with E-state index in [1.165, 1.54) is 6.42 Å². The Labute approximate surface area is 119 Å². The topological polar surface area (TPSA) is 62.6 Å². The van der Waals surface area contributed by atoms with Crippen LogP contribution in [0, 0.1) is 6.92 Å². The van der Waals surface area contributed by atoms with Crippen LogP contribution in [0.4, 0.5) is 0 Å². The largest absolute Gasteiger partial charge is 0.334 e. The molecule has 6 heteroatoms. The van der Waals surface area contributed by atoms with Crippen molar-refractivity contribution in [3.05, 3.63) is 29.9 Å². The number of likely N-dealkylation sites (tertiary alicyclic amines) is 1. The van der Waals surface area contributed by atoms with E-state index < -0.39 is 0 Å². The molecule has 2 aromatic heterocycles. The Morgan fingerprint density at radius 1 is 1.40 bits per heavy atom. The van der Waals surface area contributed by atoms with Crippen molar-refractivity contribution in [2.75, 3.05) is 13.1 Å². The lowest BCUT2D eigenvalue weighted by Gasteiger charge is -2.22. The smallest absolute Gasteiger partial charge is 0.167 e. The molecule has 1 fully saturated rings. The first-order valence-electron chi connectivity index (χ1n) is 7.41. The molecule has 20 heavy (non-hydrogen) atoms. The molecule has 2 aromatic rings. The van der Waals surface area contributed by atoms with Crippen molar-refractivity contribution >= 4 is 0 Å². The van der Waals surface area contributed by atoms with E-state index in [9.17, 15) is 0 Å². The van der Waals surface area contributed by atoms with Crippen molar-refractivity contribution in [3.63, 3.8) is 0 Å². The lowest BCUT2D eigenvalue weighted by Crippen LogP contribution is -2.28. The fourth-order valence-corrected chi connectivity index (χ4v) is 2.99. The van der Waals surface area contributed by atoms with Gasteiger partial charge in [0.15, 0.2) is 5.82 Å². The van der Waals surface area contributed by atoms with Gasteiger partial charge in [0.25, 0.3) is 0 Å². The number of imidazole rings is 1. The molecule has 3 heterocycles. The molecule has 1 atom stereocenters. The van der Waals surface area contributed by atoms with E-state index in [0.29, 0.717) is 6.04 Å². The van der Waals surface area contributed by atoms with Gasteiger partial charge in [0.05, 0.1) is 6.04 Å². The molecule has 3 rings (SSSR count). The van der Waals surface area contributed by atoms with Gasteiger partial charge in [-0.05, 0) is 26.3 Å². The van der Waals surface area contributed by atoms with Crippen LogP contribution in [0.2, 0.25) is 0 Å². The van der Waals surface area contributed by atoms with Gasteiger partial charge in [-0.1, -0.05) is 6.92 Å². The molecule has 1 N–H and O–H groups in total. The first kappa shape index (κ1) is 13.3. The molecule has 1 saturated heterocycles. The Kier molecular flexibility index (Phi) is 3.82. The van der Waals surface area contributed by atoms with Crippen LogP contribution < -0.4 is 0 Å². The minimum Gasteiger partial charge on any atom is -0.334 e. The maximum absolute atomic E-state index is 4.49. The Hall–Kier alpha value is -1.69. The van der Waals surface area contributed by atoms with Crippen molar-refractivity contribution in [2.45, 2.75) is 45.7 Å². The molecular weight excluding hydrogens is 252 g/mol. The van der Waals surface area contributed by atoms with E-state index in [0.717, 1.165) is 49.9 Å². The fourth-order valence-electron chi connectivity index (χ4n) is 2.99. The van der Waals surface area contributed by atoms with Crippen molar-refractivity contribution in [3.8, 4) is 0 Å². The van der Waals surface area contributed by atoms with Gasteiger partial charge in [-0.25, -0.2) is 9.97 Å². The quantitative estimate of drug-likeness (QED) is 0.901. The Morgan fingerprint density at radius 2 is 2.30 bits per heavy atom. The molecular formula is C14H22N6. The van der Waals surface area contributed by atoms with Gasteiger partial charge in [-0.15, -0.1) is 0 Å². The van der Waals surface area contributed by atoms with E-state index in [1.807, 2.05) is 13.1 Å². The molecule has 1 aliphatic heterocycles. The highest BCUT2D eigenvalue weighted by molar-refractivity contribution is 4.99. The van der Waals surface area contributed by atoms with Gasteiger partial charge < -0.3 is 4.57 Å². The van der Waals surface area contributed by atoms with Crippen LogP contribution in [-0.2, 0) is 13.0 Å². The molecule has 0 bridgehead atoms. The van der Waals surface area contributed by atoms with Crippen molar-refractivity contribution in [1.82, 2.24) is 29.6 Å². The number of rotatable bonds is 5. The summed E-state index contributed by atoms with van der Waals surface area (Å²) in [5.74, 6) is 3.01. The number of hydrogen-bond donors (Lipinski definition) is 1. The third kappa shape index (κ3) is 2.60. The first-order chi connectivity index (χ1) is 9.78. The van der Waals surface area contributed by atoms with Gasteiger partial charge in [-0.2, -0.15) is 5.10 Å². The third-order valence-electron chi connectivity index (χ3n) is 4.02. The molecule has 0 saturated carbocycles. The second-order valence-electron chi connectivity index (χ2n) is 5.36. The maximum atomic E-state index is 4.49. The first-order valence-corrected chi connectivity index (χ1v) is 7.41. The Bertz CT molecular complexity index is 558. The van der Waals surface area contributed by atoms with E-state index in [-0.39, 0.29) is 0 Å². The third-order valence-corrected chi connectivity index (χ3v) is 4.02. The molecule has 0 unspecified atom stereocenters. The zero-order chi connectivity index (χ0) is 13.9. The SMILES string of the molecule is CCc1nccn1CCN1CCC[C@H]1c1n[nH]c(C)n1. The lowest BCUT2D eigenvalue weighted by molar-refractivity contribution is 0.238. The van der Waals surface area contributed by atoms with Gasteiger partial charge >= 0.3 is 0 Å². The number of aromatic amines is 1. The van der Waals surface area contributed by atoms with Gasteiger partial charge in [0.1, 0.15) is 11.6 Å².